The van der Waals surface area contributed by atoms with Crippen LogP contribution in [0, 0.1) is 18.2 Å². The largest absolute Gasteiger partial charge is 0.310 e. The summed E-state index contributed by atoms with van der Waals surface area (Å²) in [4.78, 5) is 2.22. The van der Waals surface area contributed by atoms with Crippen LogP contribution in [-0.4, -0.2) is 30.1 Å². The molecule has 1 aliphatic rings. The lowest BCUT2D eigenvalue weighted by Gasteiger charge is -2.36. The highest BCUT2D eigenvalue weighted by molar-refractivity contribution is 5.17. The van der Waals surface area contributed by atoms with Crippen LogP contribution in [0.1, 0.15) is 12.5 Å². The topological polar surface area (TPSA) is 15.3 Å². The van der Waals surface area contributed by atoms with Crippen molar-refractivity contribution < 1.29 is 4.39 Å². The standard InChI is InChI=1S/C14H17FN2/c1-3-14-8-16-11(2)9-17(14)10-12-5-4-6-13(15)7-12/h1,4-7,11,14,16H,8-10H2,2H3/t11-,14+/m0/s1. The van der Waals surface area contributed by atoms with Crippen LogP contribution in [0.3, 0.4) is 0 Å². The lowest BCUT2D eigenvalue weighted by atomic mass is 10.1. The molecule has 1 aromatic rings. The summed E-state index contributed by atoms with van der Waals surface area (Å²) in [5, 5.41) is 3.35. The number of terminal acetylenes is 1. The van der Waals surface area contributed by atoms with Crippen LogP contribution < -0.4 is 5.32 Å². The Labute approximate surface area is 102 Å². The average Bonchev–Trinajstić information content (AvgIpc) is 2.29. The predicted octanol–water partition coefficient (Wildman–Crippen LogP) is 1.62. The second kappa shape index (κ2) is 5.31. The van der Waals surface area contributed by atoms with Crippen LogP contribution in [0.25, 0.3) is 0 Å². The zero-order chi connectivity index (χ0) is 12.3. The first kappa shape index (κ1) is 12.1. The van der Waals surface area contributed by atoms with E-state index in [4.69, 9.17) is 6.42 Å². The number of halogens is 1. The molecular weight excluding hydrogens is 215 g/mol. The van der Waals surface area contributed by atoms with E-state index in [1.165, 1.54) is 6.07 Å². The van der Waals surface area contributed by atoms with E-state index in [2.05, 4.69) is 23.1 Å². The molecule has 0 aromatic heterocycles. The van der Waals surface area contributed by atoms with Crippen molar-refractivity contribution in [1.29, 1.82) is 0 Å². The molecule has 0 radical (unpaired) electrons. The Hall–Kier alpha value is -1.37. The number of piperazine rings is 1. The highest BCUT2D eigenvalue weighted by atomic mass is 19.1. The third kappa shape index (κ3) is 3.06. The summed E-state index contributed by atoms with van der Waals surface area (Å²) in [5.41, 5.74) is 0.972. The first-order valence-corrected chi connectivity index (χ1v) is 5.87. The molecule has 1 aromatic carbocycles. The van der Waals surface area contributed by atoms with Crippen molar-refractivity contribution in [1.82, 2.24) is 10.2 Å². The maximum absolute atomic E-state index is 13.1. The Morgan fingerprint density at radius 1 is 1.59 bits per heavy atom. The normalized spacial score (nSPS) is 25.5. The van der Waals surface area contributed by atoms with Crippen LogP contribution in [0.5, 0.6) is 0 Å². The van der Waals surface area contributed by atoms with Crippen LogP contribution in [0.15, 0.2) is 24.3 Å². The number of hydrogen-bond donors (Lipinski definition) is 1. The number of rotatable bonds is 2. The molecule has 3 heteroatoms. The van der Waals surface area contributed by atoms with Crippen molar-refractivity contribution in [3.63, 3.8) is 0 Å². The van der Waals surface area contributed by atoms with E-state index in [9.17, 15) is 4.39 Å². The quantitative estimate of drug-likeness (QED) is 0.780. The fourth-order valence-electron chi connectivity index (χ4n) is 2.19. The van der Waals surface area contributed by atoms with Gasteiger partial charge in [-0.25, -0.2) is 4.39 Å². The van der Waals surface area contributed by atoms with E-state index in [0.29, 0.717) is 12.6 Å². The van der Waals surface area contributed by atoms with Gasteiger partial charge in [0.25, 0.3) is 0 Å². The van der Waals surface area contributed by atoms with E-state index in [1.807, 2.05) is 6.07 Å². The lowest BCUT2D eigenvalue weighted by molar-refractivity contribution is 0.161. The van der Waals surface area contributed by atoms with Gasteiger partial charge in [-0.3, -0.25) is 4.90 Å². The molecule has 1 heterocycles. The van der Waals surface area contributed by atoms with E-state index >= 15 is 0 Å². The Morgan fingerprint density at radius 3 is 3.12 bits per heavy atom. The van der Waals surface area contributed by atoms with Crippen molar-refractivity contribution in [2.45, 2.75) is 25.6 Å². The Kier molecular flexibility index (Phi) is 3.78. The van der Waals surface area contributed by atoms with Gasteiger partial charge in [0.1, 0.15) is 5.82 Å². The first-order chi connectivity index (χ1) is 8.19. The number of benzene rings is 1. The molecule has 0 bridgehead atoms. The minimum atomic E-state index is -0.192. The SMILES string of the molecule is C#C[C@@H]1CN[C@@H](C)CN1Cc1cccc(F)c1. The third-order valence-electron chi connectivity index (χ3n) is 3.08. The number of nitrogens with zero attached hydrogens (tertiary/aromatic N) is 1. The number of nitrogens with one attached hydrogen (secondary N) is 1. The lowest BCUT2D eigenvalue weighted by Crippen LogP contribution is -2.54. The molecule has 0 saturated carbocycles. The maximum Gasteiger partial charge on any atom is 0.123 e. The van der Waals surface area contributed by atoms with Crippen molar-refractivity contribution in [2.24, 2.45) is 0 Å². The molecule has 90 valence electrons. The molecule has 0 spiro atoms. The van der Waals surface area contributed by atoms with Crippen molar-refractivity contribution in [3.05, 3.63) is 35.6 Å². The van der Waals surface area contributed by atoms with Gasteiger partial charge < -0.3 is 5.32 Å². The van der Waals surface area contributed by atoms with Gasteiger partial charge in [-0.1, -0.05) is 18.1 Å². The summed E-state index contributed by atoms with van der Waals surface area (Å²) in [6, 6.07) is 7.22. The third-order valence-corrected chi connectivity index (χ3v) is 3.08. The van der Waals surface area contributed by atoms with Gasteiger partial charge in [-0.2, -0.15) is 0 Å². The van der Waals surface area contributed by atoms with Gasteiger partial charge in [-0.15, -0.1) is 6.42 Å². The van der Waals surface area contributed by atoms with Crippen LogP contribution in [0.4, 0.5) is 4.39 Å². The summed E-state index contributed by atoms with van der Waals surface area (Å²) < 4.78 is 13.1. The smallest absolute Gasteiger partial charge is 0.123 e. The Balaban J connectivity index is 2.08. The molecule has 0 unspecified atom stereocenters. The van der Waals surface area contributed by atoms with E-state index in [-0.39, 0.29) is 11.9 Å². The van der Waals surface area contributed by atoms with Gasteiger partial charge in [0.2, 0.25) is 0 Å². The minimum Gasteiger partial charge on any atom is -0.310 e. The highest BCUT2D eigenvalue weighted by Crippen LogP contribution is 2.13. The van der Waals surface area contributed by atoms with Gasteiger partial charge in [0.15, 0.2) is 0 Å². The molecule has 1 saturated heterocycles. The highest BCUT2D eigenvalue weighted by Gasteiger charge is 2.23. The Morgan fingerprint density at radius 2 is 2.41 bits per heavy atom. The predicted molar refractivity (Wildman–Crippen MR) is 66.9 cm³/mol. The molecular formula is C14H17FN2. The monoisotopic (exact) mass is 232 g/mol. The van der Waals surface area contributed by atoms with E-state index in [1.54, 1.807) is 12.1 Å². The molecule has 2 rings (SSSR count). The second-order valence-electron chi connectivity index (χ2n) is 4.55. The van der Waals surface area contributed by atoms with Crippen molar-refractivity contribution in [3.8, 4) is 12.3 Å². The summed E-state index contributed by atoms with van der Waals surface area (Å²) in [6.45, 7) is 4.53. The second-order valence-corrected chi connectivity index (χ2v) is 4.55. The summed E-state index contributed by atoms with van der Waals surface area (Å²) in [5.74, 6) is 2.59. The van der Waals surface area contributed by atoms with Gasteiger partial charge in [0.05, 0.1) is 6.04 Å². The zero-order valence-corrected chi connectivity index (χ0v) is 9.99. The molecule has 17 heavy (non-hydrogen) atoms. The molecule has 0 amide bonds. The molecule has 0 aliphatic carbocycles. The van der Waals surface area contributed by atoms with Crippen molar-refractivity contribution in [2.75, 3.05) is 13.1 Å². The molecule has 1 aliphatic heterocycles. The zero-order valence-electron chi connectivity index (χ0n) is 9.99. The number of hydrogen-bond acceptors (Lipinski definition) is 2. The molecule has 2 nitrogen and oxygen atoms in total. The maximum atomic E-state index is 13.1. The van der Waals surface area contributed by atoms with Crippen molar-refractivity contribution >= 4 is 0 Å². The summed E-state index contributed by atoms with van der Waals surface area (Å²) in [7, 11) is 0. The van der Waals surface area contributed by atoms with Gasteiger partial charge in [0, 0.05) is 25.7 Å². The fourth-order valence-corrected chi connectivity index (χ4v) is 2.19. The first-order valence-electron chi connectivity index (χ1n) is 5.87. The van der Waals surface area contributed by atoms with Crippen LogP contribution >= 0.6 is 0 Å². The van der Waals surface area contributed by atoms with Crippen LogP contribution in [-0.2, 0) is 6.54 Å². The van der Waals surface area contributed by atoms with E-state index in [0.717, 1.165) is 18.7 Å². The molecule has 1 N–H and O–H groups in total. The average molecular weight is 232 g/mol. The minimum absolute atomic E-state index is 0.0921. The summed E-state index contributed by atoms with van der Waals surface area (Å²) >= 11 is 0. The Bertz CT molecular complexity index is 424. The van der Waals surface area contributed by atoms with Gasteiger partial charge in [-0.05, 0) is 24.6 Å². The molecule has 2 atom stereocenters. The molecule has 1 fully saturated rings. The fraction of sp³-hybridized carbons (Fsp3) is 0.429. The van der Waals surface area contributed by atoms with Crippen LogP contribution in [0.2, 0.25) is 0 Å². The van der Waals surface area contributed by atoms with Gasteiger partial charge >= 0.3 is 0 Å². The summed E-state index contributed by atoms with van der Waals surface area (Å²) in [6.07, 6.45) is 5.52. The van der Waals surface area contributed by atoms with E-state index < -0.39 is 0 Å².